The van der Waals surface area contributed by atoms with Crippen molar-refractivity contribution in [3.63, 3.8) is 0 Å². The highest BCUT2D eigenvalue weighted by Gasteiger charge is 2.28. The van der Waals surface area contributed by atoms with Crippen LogP contribution in [0.4, 0.5) is 11.4 Å². The van der Waals surface area contributed by atoms with Gasteiger partial charge in [0.2, 0.25) is 0 Å². The van der Waals surface area contributed by atoms with Gasteiger partial charge in [-0.15, -0.1) is 0 Å². The second-order valence-corrected chi connectivity index (χ2v) is 5.98. The van der Waals surface area contributed by atoms with Crippen LogP contribution in [-0.4, -0.2) is 30.1 Å². The Kier molecular flexibility index (Phi) is 5.06. The summed E-state index contributed by atoms with van der Waals surface area (Å²) in [6.07, 6.45) is 2.09. The molecule has 2 atom stereocenters. The first kappa shape index (κ1) is 16.0. The van der Waals surface area contributed by atoms with Gasteiger partial charge in [0, 0.05) is 36.9 Å². The molecule has 0 spiro atoms. The van der Waals surface area contributed by atoms with Gasteiger partial charge < -0.3 is 10.2 Å². The molecule has 1 N–H and O–H groups in total. The van der Waals surface area contributed by atoms with Crippen molar-refractivity contribution >= 4 is 23.0 Å². The highest BCUT2D eigenvalue weighted by Crippen LogP contribution is 2.34. The molecule has 1 aromatic rings. The van der Waals surface area contributed by atoms with Crippen LogP contribution in [0.1, 0.15) is 32.3 Å². The summed E-state index contributed by atoms with van der Waals surface area (Å²) < 4.78 is 0. The van der Waals surface area contributed by atoms with Gasteiger partial charge in [-0.3, -0.25) is 10.1 Å². The summed E-state index contributed by atoms with van der Waals surface area (Å²) in [5.41, 5.74) is 1.90. The van der Waals surface area contributed by atoms with Crippen LogP contribution >= 0.6 is 11.6 Å². The Hall–Kier alpha value is -1.33. The number of piperazine rings is 1. The van der Waals surface area contributed by atoms with Crippen molar-refractivity contribution < 1.29 is 4.92 Å². The first-order chi connectivity index (χ1) is 9.97. The van der Waals surface area contributed by atoms with Crippen molar-refractivity contribution in [1.29, 1.82) is 0 Å². The van der Waals surface area contributed by atoms with Gasteiger partial charge in [-0.1, -0.05) is 25.4 Å². The Labute approximate surface area is 130 Å². The van der Waals surface area contributed by atoms with Crippen molar-refractivity contribution in [2.24, 2.45) is 0 Å². The summed E-state index contributed by atoms with van der Waals surface area (Å²) in [5, 5.41) is 14.7. The maximum Gasteiger partial charge on any atom is 0.288 e. The quantitative estimate of drug-likeness (QED) is 0.682. The second-order valence-electron chi connectivity index (χ2n) is 5.58. The standard InChI is InChI=1S/C15H22ClN3O2/c1-4-11-9-18(12(5-2)8-17-11)14-7-13(16)15(19(20)21)6-10(14)3/h6-7,11-12,17H,4-5,8-9H2,1-3H3. The number of anilines is 1. The van der Waals surface area contributed by atoms with Crippen molar-refractivity contribution in [3.05, 3.63) is 32.8 Å². The van der Waals surface area contributed by atoms with Crippen LogP contribution in [0.25, 0.3) is 0 Å². The van der Waals surface area contributed by atoms with E-state index in [1.165, 1.54) is 0 Å². The average molecular weight is 312 g/mol. The zero-order valence-corrected chi connectivity index (χ0v) is 13.5. The average Bonchev–Trinajstić information content (AvgIpc) is 2.48. The molecule has 5 nitrogen and oxygen atoms in total. The van der Waals surface area contributed by atoms with Gasteiger partial charge in [-0.2, -0.15) is 0 Å². The van der Waals surface area contributed by atoms with Crippen molar-refractivity contribution in [2.75, 3.05) is 18.0 Å². The Morgan fingerprint density at radius 1 is 1.43 bits per heavy atom. The Morgan fingerprint density at radius 2 is 2.14 bits per heavy atom. The van der Waals surface area contributed by atoms with E-state index in [9.17, 15) is 10.1 Å². The van der Waals surface area contributed by atoms with E-state index in [1.807, 2.05) is 6.92 Å². The molecular formula is C15H22ClN3O2. The number of nitro benzene ring substituents is 1. The number of rotatable bonds is 4. The highest BCUT2D eigenvalue weighted by molar-refractivity contribution is 6.33. The van der Waals surface area contributed by atoms with E-state index in [4.69, 9.17) is 11.6 Å². The molecule has 1 heterocycles. The monoisotopic (exact) mass is 311 g/mol. The molecule has 0 saturated carbocycles. The Balaban J connectivity index is 2.38. The molecule has 1 aliphatic heterocycles. The van der Waals surface area contributed by atoms with Crippen LogP contribution in [0.3, 0.4) is 0 Å². The van der Waals surface area contributed by atoms with E-state index in [-0.39, 0.29) is 10.7 Å². The Morgan fingerprint density at radius 3 is 2.71 bits per heavy atom. The van der Waals surface area contributed by atoms with E-state index in [2.05, 4.69) is 24.1 Å². The summed E-state index contributed by atoms with van der Waals surface area (Å²) >= 11 is 6.09. The van der Waals surface area contributed by atoms with Gasteiger partial charge in [0.25, 0.3) is 5.69 Å². The minimum absolute atomic E-state index is 0.0202. The topological polar surface area (TPSA) is 58.4 Å². The molecule has 116 valence electrons. The highest BCUT2D eigenvalue weighted by atomic mass is 35.5. The smallest absolute Gasteiger partial charge is 0.288 e. The van der Waals surface area contributed by atoms with E-state index >= 15 is 0 Å². The molecule has 0 aliphatic carbocycles. The lowest BCUT2D eigenvalue weighted by molar-refractivity contribution is -0.384. The van der Waals surface area contributed by atoms with E-state index in [1.54, 1.807) is 12.1 Å². The minimum atomic E-state index is -0.428. The molecule has 1 aromatic carbocycles. The van der Waals surface area contributed by atoms with Crippen LogP contribution < -0.4 is 10.2 Å². The zero-order chi connectivity index (χ0) is 15.6. The molecule has 1 fully saturated rings. The summed E-state index contributed by atoms with van der Waals surface area (Å²) in [6.45, 7) is 8.08. The maximum absolute atomic E-state index is 11.0. The van der Waals surface area contributed by atoms with Gasteiger partial charge in [0.1, 0.15) is 5.02 Å². The number of hydrogen-bond acceptors (Lipinski definition) is 4. The van der Waals surface area contributed by atoms with Crippen molar-refractivity contribution in [1.82, 2.24) is 5.32 Å². The van der Waals surface area contributed by atoms with Gasteiger partial charge in [-0.25, -0.2) is 0 Å². The van der Waals surface area contributed by atoms with Gasteiger partial charge in [0.15, 0.2) is 0 Å². The second kappa shape index (κ2) is 6.62. The normalized spacial score (nSPS) is 22.4. The minimum Gasteiger partial charge on any atom is -0.365 e. The Bertz CT molecular complexity index is 536. The predicted molar refractivity (Wildman–Crippen MR) is 86.4 cm³/mol. The first-order valence-corrected chi connectivity index (χ1v) is 7.80. The molecule has 2 rings (SSSR count). The molecule has 2 unspecified atom stereocenters. The maximum atomic E-state index is 11.0. The van der Waals surface area contributed by atoms with Crippen LogP contribution in [-0.2, 0) is 0 Å². The van der Waals surface area contributed by atoms with Gasteiger partial charge in [-0.05, 0) is 31.4 Å². The fraction of sp³-hybridized carbons (Fsp3) is 0.600. The van der Waals surface area contributed by atoms with E-state index in [0.717, 1.165) is 37.2 Å². The van der Waals surface area contributed by atoms with Crippen molar-refractivity contribution in [2.45, 2.75) is 45.7 Å². The molecule has 21 heavy (non-hydrogen) atoms. The summed E-state index contributed by atoms with van der Waals surface area (Å²) in [5.74, 6) is 0. The van der Waals surface area contributed by atoms with Crippen LogP contribution in [0.2, 0.25) is 5.02 Å². The SMILES string of the molecule is CCC1CN(c2cc(Cl)c([N+](=O)[O-])cc2C)C(CC)CN1. The van der Waals surface area contributed by atoms with Gasteiger partial charge >= 0.3 is 0 Å². The van der Waals surface area contributed by atoms with Crippen LogP contribution in [0, 0.1) is 17.0 Å². The molecular weight excluding hydrogens is 290 g/mol. The number of halogens is 1. The lowest BCUT2D eigenvalue weighted by Crippen LogP contribution is -2.56. The summed E-state index contributed by atoms with van der Waals surface area (Å²) in [6, 6.07) is 4.16. The molecule has 1 aliphatic rings. The van der Waals surface area contributed by atoms with Crippen LogP contribution in [0.5, 0.6) is 0 Å². The molecule has 0 radical (unpaired) electrons. The lowest BCUT2D eigenvalue weighted by Gasteiger charge is -2.42. The summed E-state index contributed by atoms with van der Waals surface area (Å²) in [7, 11) is 0. The molecule has 1 saturated heterocycles. The number of nitrogens with one attached hydrogen (secondary N) is 1. The van der Waals surface area contributed by atoms with Crippen LogP contribution in [0.15, 0.2) is 12.1 Å². The molecule has 0 bridgehead atoms. The lowest BCUT2D eigenvalue weighted by atomic mass is 10.0. The van der Waals surface area contributed by atoms with Gasteiger partial charge in [0.05, 0.1) is 4.92 Å². The number of nitrogens with zero attached hydrogens (tertiary/aromatic N) is 2. The third-order valence-electron chi connectivity index (χ3n) is 4.24. The first-order valence-electron chi connectivity index (χ1n) is 7.42. The number of nitro groups is 1. The number of aryl methyl sites for hydroxylation is 1. The fourth-order valence-electron chi connectivity index (χ4n) is 2.90. The van der Waals surface area contributed by atoms with E-state index < -0.39 is 4.92 Å². The van der Waals surface area contributed by atoms with E-state index in [0.29, 0.717) is 12.1 Å². The zero-order valence-electron chi connectivity index (χ0n) is 12.7. The number of benzene rings is 1. The van der Waals surface area contributed by atoms with Crippen molar-refractivity contribution in [3.8, 4) is 0 Å². The number of hydrogen-bond donors (Lipinski definition) is 1. The fourth-order valence-corrected chi connectivity index (χ4v) is 3.13. The molecule has 0 aromatic heterocycles. The molecule has 6 heteroatoms. The molecule has 0 amide bonds. The predicted octanol–water partition coefficient (Wildman–Crippen LogP) is 3.52. The largest absolute Gasteiger partial charge is 0.365 e. The third kappa shape index (κ3) is 3.30. The third-order valence-corrected chi connectivity index (χ3v) is 4.54. The summed E-state index contributed by atoms with van der Waals surface area (Å²) in [4.78, 5) is 12.9.